The predicted octanol–water partition coefficient (Wildman–Crippen LogP) is 4.46. The van der Waals surface area contributed by atoms with E-state index >= 15 is 0 Å². The Morgan fingerprint density at radius 1 is 1.30 bits per heavy atom. The van der Waals surface area contributed by atoms with Crippen molar-refractivity contribution in [3.8, 4) is 5.75 Å². The number of unbranched alkanes of at least 4 members (excludes halogenated alkanes) is 1. The summed E-state index contributed by atoms with van der Waals surface area (Å²) in [5.41, 5.74) is 0.395. The quantitative estimate of drug-likeness (QED) is 0.603. The summed E-state index contributed by atoms with van der Waals surface area (Å²) in [5, 5.41) is 2.09. The lowest BCUT2D eigenvalue weighted by molar-refractivity contribution is 0.0498. The Hall–Kier alpha value is -1.74. The van der Waals surface area contributed by atoms with Crippen molar-refractivity contribution in [2.24, 2.45) is 0 Å². The van der Waals surface area contributed by atoms with Crippen LogP contribution < -0.4 is 4.74 Å². The van der Waals surface area contributed by atoms with Gasteiger partial charge in [-0.25, -0.2) is 4.79 Å². The molecule has 2 aromatic carbocycles. The van der Waals surface area contributed by atoms with Crippen LogP contribution in [0.15, 0.2) is 30.3 Å². The number of fused-ring (bicyclic) bond motifs is 1. The van der Waals surface area contributed by atoms with E-state index in [4.69, 9.17) is 21.1 Å². The average molecular weight is 293 g/mol. The maximum absolute atomic E-state index is 12.3. The number of benzene rings is 2. The molecule has 106 valence electrons. The van der Waals surface area contributed by atoms with Gasteiger partial charge in [-0.3, -0.25) is 0 Å². The van der Waals surface area contributed by atoms with Gasteiger partial charge in [0.2, 0.25) is 0 Å². The van der Waals surface area contributed by atoms with Crippen molar-refractivity contribution in [2.45, 2.75) is 19.8 Å². The zero-order valence-corrected chi connectivity index (χ0v) is 12.4. The first-order valence-corrected chi connectivity index (χ1v) is 6.99. The van der Waals surface area contributed by atoms with Crippen LogP contribution in [0, 0.1) is 0 Å². The molecule has 0 aliphatic rings. The van der Waals surface area contributed by atoms with Crippen LogP contribution in [0.5, 0.6) is 5.75 Å². The fourth-order valence-corrected chi connectivity index (χ4v) is 2.37. The molecular formula is C16H17ClO3. The molecule has 0 radical (unpaired) electrons. The van der Waals surface area contributed by atoms with Crippen LogP contribution in [0.3, 0.4) is 0 Å². The van der Waals surface area contributed by atoms with Gasteiger partial charge in [-0.15, -0.1) is 0 Å². The molecule has 0 aromatic heterocycles. The van der Waals surface area contributed by atoms with Crippen molar-refractivity contribution in [1.82, 2.24) is 0 Å². The highest BCUT2D eigenvalue weighted by Crippen LogP contribution is 2.35. The average Bonchev–Trinajstić information content (AvgIpc) is 2.45. The third-order valence-electron chi connectivity index (χ3n) is 3.10. The molecule has 0 saturated heterocycles. The molecule has 4 heteroatoms. The molecule has 0 unspecified atom stereocenters. The lowest BCUT2D eigenvalue weighted by Gasteiger charge is -2.13. The summed E-state index contributed by atoms with van der Waals surface area (Å²) in [7, 11) is 1.50. The van der Waals surface area contributed by atoms with E-state index in [1.807, 2.05) is 31.2 Å². The van der Waals surface area contributed by atoms with Gasteiger partial charge in [0.25, 0.3) is 0 Å². The minimum atomic E-state index is -0.394. The fourth-order valence-electron chi connectivity index (χ4n) is 2.08. The second-order valence-corrected chi connectivity index (χ2v) is 4.88. The number of rotatable bonds is 5. The number of esters is 1. The number of carbonyl (C=O) groups excluding carboxylic acids is 1. The molecule has 0 saturated carbocycles. The Labute approximate surface area is 123 Å². The molecule has 0 aliphatic heterocycles. The molecule has 2 aromatic rings. The van der Waals surface area contributed by atoms with Crippen molar-refractivity contribution in [3.63, 3.8) is 0 Å². The standard InChI is InChI=1S/C16H17ClO3/c1-3-4-9-20-16(18)14-12-8-6-5-7-11(12)10-13(17)15(14)19-2/h5-8,10H,3-4,9H2,1-2H3. The summed E-state index contributed by atoms with van der Waals surface area (Å²) in [6.07, 6.45) is 1.81. The minimum Gasteiger partial charge on any atom is -0.494 e. The Morgan fingerprint density at radius 3 is 2.75 bits per heavy atom. The van der Waals surface area contributed by atoms with Crippen LogP contribution in [-0.4, -0.2) is 19.7 Å². The monoisotopic (exact) mass is 292 g/mol. The van der Waals surface area contributed by atoms with Gasteiger partial charge in [0.1, 0.15) is 5.56 Å². The van der Waals surface area contributed by atoms with E-state index in [9.17, 15) is 4.79 Å². The third kappa shape index (κ3) is 2.88. The maximum Gasteiger partial charge on any atom is 0.342 e. The van der Waals surface area contributed by atoms with Crippen LogP contribution in [0.1, 0.15) is 30.1 Å². The van der Waals surface area contributed by atoms with Gasteiger partial charge < -0.3 is 9.47 Å². The first-order valence-electron chi connectivity index (χ1n) is 6.61. The zero-order valence-electron chi connectivity index (χ0n) is 11.6. The van der Waals surface area contributed by atoms with Gasteiger partial charge in [0, 0.05) is 5.39 Å². The highest BCUT2D eigenvalue weighted by molar-refractivity contribution is 6.34. The van der Waals surface area contributed by atoms with Crippen LogP contribution >= 0.6 is 11.6 Å². The molecule has 0 heterocycles. The van der Waals surface area contributed by atoms with Gasteiger partial charge >= 0.3 is 5.97 Å². The lowest BCUT2D eigenvalue weighted by Crippen LogP contribution is -2.09. The van der Waals surface area contributed by atoms with E-state index in [-0.39, 0.29) is 0 Å². The van der Waals surface area contributed by atoms with E-state index in [2.05, 4.69) is 0 Å². The van der Waals surface area contributed by atoms with Gasteiger partial charge in [-0.2, -0.15) is 0 Å². The highest BCUT2D eigenvalue weighted by atomic mass is 35.5. The summed E-state index contributed by atoms with van der Waals surface area (Å²) in [6.45, 7) is 2.45. The molecule has 0 fully saturated rings. The van der Waals surface area contributed by atoms with Gasteiger partial charge in [-0.1, -0.05) is 49.2 Å². The van der Waals surface area contributed by atoms with Crippen molar-refractivity contribution in [2.75, 3.05) is 13.7 Å². The summed E-state index contributed by atoms with van der Waals surface area (Å²) in [4.78, 5) is 12.3. The smallest absolute Gasteiger partial charge is 0.342 e. The first-order chi connectivity index (χ1) is 9.69. The Balaban J connectivity index is 2.50. The molecule has 2 rings (SSSR count). The molecular weight excluding hydrogens is 276 g/mol. The summed E-state index contributed by atoms with van der Waals surface area (Å²) in [6, 6.07) is 9.34. The third-order valence-corrected chi connectivity index (χ3v) is 3.38. The normalized spacial score (nSPS) is 10.6. The second kappa shape index (κ2) is 6.62. The van der Waals surface area contributed by atoms with E-state index in [1.54, 1.807) is 6.07 Å². The summed E-state index contributed by atoms with van der Waals surface area (Å²) >= 11 is 6.18. The van der Waals surface area contributed by atoms with E-state index < -0.39 is 5.97 Å². The predicted molar refractivity (Wildman–Crippen MR) is 80.7 cm³/mol. The Kier molecular flexibility index (Phi) is 4.85. The van der Waals surface area contributed by atoms with Crippen molar-refractivity contribution in [1.29, 1.82) is 0 Å². The Morgan fingerprint density at radius 2 is 2.05 bits per heavy atom. The minimum absolute atomic E-state index is 0.367. The molecule has 20 heavy (non-hydrogen) atoms. The topological polar surface area (TPSA) is 35.5 Å². The van der Waals surface area contributed by atoms with E-state index in [0.29, 0.717) is 22.9 Å². The van der Waals surface area contributed by atoms with Crippen molar-refractivity contribution in [3.05, 3.63) is 40.9 Å². The zero-order chi connectivity index (χ0) is 14.5. The highest BCUT2D eigenvalue weighted by Gasteiger charge is 2.20. The molecule has 0 amide bonds. The first kappa shape index (κ1) is 14.7. The van der Waals surface area contributed by atoms with Gasteiger partial charge in [0.05, 0.1) is 18.7 Å². The molecule has 3 nitrogen and oxygen atoms in total. The van der Waals surface area contributed by atoms with Gasteiger partial charge in [0.15, 0.2) is 5.75 Å². The molecule has 0 atom stereocenters. The summed E-state index contributed by atoms with van der Waals surface area (Å²) in [5.74, 6) is -0.0270. The maximum atomic E-state index is 12.3. The molecule has 0 bridgehead atoms. The number of hydrogen-bond acceptors (Lipinski definition) is 3. The SMILES string of the molecule is CCCCOC(=O)c1c(OC)c(Cl)cc2ccccc12. The lowest BCUT2D eigenvalue weighted by atomic mass is 10.0. The largest absolute Gasteiger partial charge is 0.494 e. The van der Waals surface area contributed by atoms with Gasteiger partial charge in [-0.05, 0) is 17.9 Å². The number of carbonyl (C=O) groups is 1. The molecule has 0 N–H and O–H groups in total. The van der Waals surface area contributed by atoms with Crippen LogP contribution in [-0.2, 0) is 4.74 Å². The van der Waals surface area contributed by atoms with Crippen molar-refractivity contribution < 1.29 is 14.3 Å². The molecule has 0 spiro atoms. The number of hydrogen-bond donors (Lipinski definition) is 0. The van der Waals surface area contributed by atoms with Crippen LogP contribution in [0.4, 0.5) is 0 Å². The van der Waals surface area contributed by atoms with E-state index in [1.165, 1.54) is 7.11 Å². The second-order valence-electron chi connectivity index (χ2n) is 4.48. The number of methoxy groups -OCH3 is 1. The fraction of sp³-hybridized carbons (Fsp3) is 0.312. The molecule has 0 aliphatic carbocycles. The Bertz CT molecular complexity index is 622. The van der Waals surface area contributed by atoms with Crippen LogP contribution in [0.2, 0.25) is 5.02 Å². The number of halogens is 1. The van der Waals surface area contributed by atoms with E-state index in [0.717, 1.165) is 23.6 Å². The number of ether oxygens (including phenoxy) is 2. The summed E-state index contributed by atoms with van der Waals surface area (Å²) < 4.78 is 10.6. The van der Waals surface area contributed by atoms with Crippen LogP contribution in [0.25, 0.3) is 10.8 Å². The van der Waals surface area contributed by atoms with Crippen molar-refractivity contribution >= 4 is 28.3 Å².